The minimum absolute atomic E-state index is 0.152. The molecule has 0 saturated carbocycles. The number of thioether (sulfide) groups is 1. The first-order valence-electron chi connectivity index (χ1n) is 5.02. The van der Waals surface area contributed by atoms with Crippen molar-refractivity contribution in [2.24, 2.45) is 0 Å². The molecule has 0 amide bonds. The second-order valence-electron chi connectivity index (χ2n) is 3.77. The zero-order chi connectivity index (χ0) is 12.6. The number of nitrogens with two attached hydrogens (primary N) is 1. The van der Waals surface area contributed by atoms with Crippen LogP contribution < -0.4 is 11.4 Å². The van der Waals surface area contributed by atoms with E-state index in [0.717, 1.165) is 0 Å². The molecule has 17 heavy (non-hydrogen) atoms. The summed E-state index contributed by atoms with van der Waals surface area (Å²) >= 11 is 1.28. The van der Waals surface area contributed by atoms with Crippen LogP contribution >= 0.6 is 11.8 Å². The van der Waals surface area contributed by atoms with Gasteiger partial charge in [0.25, 0.3) is 0 Å². The summed E-state index contributed by atoms with van der Waals surface area (Å²) in [4.78, 5) is 15.3. The van der Waals surface area contributed by atoms with Crippen molar-refractivity contribution in [3.63, 3.8) is 0 Å². The standard InChI is InChI=1S/C10H13N3O3S/c1-5-8(15)6(4-14)17-9(5)13-3-2-7(11)12-10(13)16/h2-3,6,8-9,14-15H,1,4H2,(H2,11,12,16)/t6-,8+,9-/m0/s1. The van der Waals surface area contributed by atoms with E-state index in [0.29, 0.717) is 5.57 Å². The first-order chi connectivity index (χ1) is 8.04. The Balaban J connectivity index is 2.35. The summed E-state index contributed by atoms with van der Waals surface area (Å²) < 4.78 is 1.35. The summed E-state index contributed by atoms with van der Waals surface area (Å²) in [7, 11) is 0. The summed E-state index contributed by atoms with van der Waals surface area (Å²) in [6.45, 7) is 3.59. The maximum absolute atomic E-state index is 11.6. The van der Waals surface area contributed by atoms with Gasteiger partial charge in [-0.05, 0) is 11.6 Å². The van der Waals surface area contributed by atoms with Crippen molar-refractivity contribution in [1.82, 2.24) is 9.55 Å². The summed E-state index contributed by atoms with van der Waals surface area (Å²) in [6.07, 6.45) is 0.694. The minimum Gasteiger partial charge on any atom is -0.395 e. The Hall–Kier alpha value is -1.31. The number of hydrogen-bond donors (Lipinski definition) is 3. The molecule has 7 heteroatoms. The topological polar surface area (TPSA) is 101 Å². The van der Waals surface area contributed by atoms with E-state index in [2.05, 4.69) is 11.6 Å². The molecular formula is C10H13N3O3S. The van der Waals surface area contributed by atoms with Crippen LogP contribution in [0.4, 0.5) is 5.82 Å². The third-order valence-corrected chi connectivity index (χ3v) is 4.18. The highest BCUT2D eigenvalue weighted by molar-refractivity contribution is 8.00. The van der Waals surface area contributed by atoms with Gasteiger partial charge in [0.05, 0.1) is 18.0 Å². The quantitative estimate of drug-likeness (QED) is 0.607. The van der Waals surface area contributed by atoms with E-state index in [-0.39, 0.29) is 17.7 Å². The van der Waals surface area contributed by atoms with Crippen molar-refractivity contribution in [3.8, 4) is 0 Å². The Bertz CT molecular complexity index is 502. The molecule has 4 N–H and O–H groups in total. The first kappa shape index (κ1) is 12.2. The Morgan fingerprint density at radius 3 is 2.88 bits per heavy atom. The van der Waals surface area contributed by atoms with Crippen molar-refractivity contribution in [3.05, 3.63) is 34.9 Å². The van der Waals surface area contributed by atoms with Crippen LogP contribution in [0.3, 0.4) is 0 Å². The van der Waals surface area contributed by atoms with Crippen molar-refractivity contribution in [2.75, 3.05) is 12.3 Å². The third-order valence-electron chi connectivity index (χ3n) is 2.64. The molecule has 1 saturated heterocycles. The van der Waals surface area contributed by atoms with Gasteiger partial charge in [0.15, 0.2) is 0 Å². The highest BCUT2D eigenvalue weighted by Crippen LogP contribution is 2.43. The maximum atomic E-state index is 11.6. The van der Waals surface area contributed by atoms with Gasteiger partial charge >= 0.3 is 5.69 Å². The summed E-state index contributed by atoms with van der Waals surface area (Å²) in [6, 6.07) is 1.51. The first-order valence-corrected chi connectivity index (χ1v) is 5.96. The van der Waals surface area contributed by atoms with E-state index in [9.17, 15) is 9.90 Å². The number of nitrogen functional groups attached to an aromatic ring is 1. The number of hydrogen-bond acceptors (Lipinski definition) is 6. The summed E-state index contributed by atoms with van der Waals surface area (Å²) in [5, 5.41) is 18.1. The fourth-order valence-corrected chi connectivity index (χ4v) is 3.05. The van der Waals surface area contributed by atoms with E-state index in [1.807, 2.05) is 0 Å². The van der Waals surface area contributed by atoms with E-state index in [4.69, 9.17) is 10.8 Å². The van der Waals surface area contributed by atoms with E-state index in [1.54, 1.807) is 0 Å². The molecule has 0 bridgehead atoms. The molecule has 92 valence electrons. The molecule has 1 aromatic rings. The van der Waals surface area contributed by atoms with Crippen molar-refractivity contribution >= 4 is 17.6 Å². The van der Waals surface area contributed by atoms with Crippen LogP contribution in [0.2, 0.25) is 0 Å². The Kier molecular flexibility index (Phi) is 3.23. The highest BCUT2D eigenvalue weighted by atomic mass is 32.2. The van der Waals surface area contributed by atoms with Gasteiger partial charge in [-0.15, -0.1) is 11.8 Å². The molecule has 6 nitrogen and oxygen atoms in total. The van der Waals surface area contributed by atoms with Crippen LogP contribution in [-0.4, -0.2) is 37.7 Å². The zero-order valence-electron chi connectivity index (χ0n) is 8.98. The molecule has 1 aliphatic rings. The monoisotopic (exact) mass is 255 g/mol. The van der Waals surface area contributed by atoms with Gasteiger partial charge in [0.1, 0.15) is 11.2 Å². The Labute approximate surface area is 102 Å². The van der Waals surface area contributed by atoms with Gasteiger partial charge < -0.3 is 15.9 Å². The van der Waals surface area contributed by atoms with Gasteiger partial charge in [-0.3, -0.25) is 4.57 Å². The smallest absolute Gasteiger partial charge is 0.350 e. The van der Waals surface area contributed by atoms with Crippen molar-refractivity contribution in [1.29, 1.82) is 0 Å². The molecule has 0 aliphatic carbocycles. The van der Waals surface area contributed by atoms with Gasteiger partial charge in [-0.25, -0.2) is 4.79 Å². The molecule has 2 heterocycles. The predicted molar refractivity (Wildman–Crippen MR) is 65.6 cm³/mol. The second kappa shape index (κ2) is 4.52. The van der Waals surface area contributed by atoms with Crippen molar-refractivity contribution in [2.45, 2.75) is 16.7 Å². The zero-order valence-corrected chi connectivity index (χ0v) is 9.80. The molecule has 1 aliphatic heterocycles. The van der Waals surface area contributed by atoms with Crippen LogP contribution in [0.15, 0.2) is 29.2 Å². The minimum atomic E-state index is -0.820. The van der Waals surface area contributed by atoms with Crippen molar-refractivity contribution < 1.29 is 10.2 Å². The number of anilines is 1. The lowest BCUT2D eigenvalue weighted by Crippen LogP contribution is -2.26. The van der Waals surface area contributed by atoms with E-state index >= 15 is 0 Å². The average Bonchev–Trinajstić information content (AvgIpc) is 2.57. The van der Waals surface area contributed by atoms with Crippen LogP contribution in [0.25, 0.3) is 0 Å². The molecule has 1 fully saturated rings. The fraction of sp³-hybridized carbons (Fsp3) is 0.400. The maximum Gasteiger partial charge on any atom is 0.350 e. The average molecular weight is 255 g/mol. The molecule has 2 rings (SSSR count). The van der Waals surface area contributed by atoms with Gasteiger partial charge in [-0.1, -0.05) is 6.58 Å². The summed E-state index contributed by atoms with van der Waals surface area (Å²) in [5.41, 5.74) is 5.40. The highest BCUT2D eigenvalue weighted by Gasteiger charge is 2.38. The second-order valence-corrected chi connectivity index (χ2v) is 5.10. The van der Waals surface area contributed by atoms with Gasteiger partial charge in [0.2, 0.25) is 0 Å². The molecule has 0 aromatic carbocycles. The number of aliphatic hydroxyl groups is 2. The summed E-state index contributed by atoms with van der Waals surface area (Å²) in [5.74, 6) is 0.152. The lowest BCUT2D eigenvalue weighted by atomic mass is 10.1. The molecule has 0 radical (unpaired) electrons. The van der Waals surface area contributed by atoms with Crippen LogP contribution in [0.1, 0.15) is 5.37 Å². The molecule has 3 atom stereocenters. The number of aliphatic hydroxyl groups excluding tert-OH is 2. The number of nitrogens with zero attached hydrogens (tertiary/aromatic N) is 2. The SMILES string of the molecule is C=C1[C@@H](O)[C@H](CO)S[C@@H]1n1ccc(N)nc1=O. The van der Waals surface area contributed by atoms with Crippen LogP contribution in [0.5, 0.6) is 0 Å². The van der Waals surface area contributed by atoms with E-state index < -0.39 is 17.2 Å². The normalized spacial score (nSPS) is 28.6. The van der Waals surface area contributed by atoms with Crippen LogP contribution in [-0.2, 0) is 0 Å². The lowest BCUT2D eigenvalue weighted by molar-refractivity contribution is 0.172. The third kappa shape index (κ3) is 2.08. The predicted octanol–water partition coefficient (Wildman–Crippen LogP) is -0.651. The van der Waals surface area contributed by atoms with Crippen LogP contribution in [0, 0.1) is 0 Å². The van der Waals surface area contributed by atoms with Gasteiger partial charge in [0, 0.05) is 6.20 Å². The Morgan fingerprint density at radius 1 is 1.65 bits per heavy atom. The molecule has 0 spiro atoms. The number of rotatable bonds is 2. The van der Waals surface area contributed by atoms with Gasteiger partial charge in [-0.2, -0.15) is 4.98 Å². The molecule has 0 unspecified atom stereocenters. The van der Waals surface area contributed by atoms with E-state index in [1.165, 1.54) is 28.6 Å². The fourth-order valence-electron chi connectivity index (χ4n) is 1.70. The largest absolute Gasteiger partial charge is 0.395 e. The molecule has 1 aromatic heterocycles. The lowest BCUT2D eigenvalue weighted by Gasteiger charge is -2.13. The number of aromatic nitrogens is 2. The molecular weight excluding hydrogens is 242 g/mol. The Morgan fingerprint density at radius 2 is 2.35 bits per heavy atom.